The number of carbonyl (C=O) groups is 1. The molecule has 0 spiro atoms. The smallest absolute Gasteiger partial charge is 0.267 e. The van der Waals surface area contributed by atoms with Crippen LogP contribution in [0.2, 0.25) is 0 Å². The van der Waals surface area contributed by atoms with Crippen molar-refractivity contribution in [2.45, 2.75) is 6.92 Å². The summed E-state index contributed by atoms with van der Waals surface area (Å²) in [5.41, 5.74) is 2.33. The maximum Gasteiger partial charge on any atom is 0.267 e. The number of amides is 1. The fraction of sp³-hybridized carbons (Fsp3) is 0.125. The maximum atomic E-state index is 12.6. The number of thiophene rings is 1. The van der Waals surface area contributed by atoms with Gasteiger partial charge in [-0.3, -0.25) is 9.52 Å². The molecule has 0 aliphatic heterocycles. The van der Waals surface area contributed by atoms with Gasteiger partial charge in [-0.05, 0) is 30.5 Å². The van der Waals surface area contributed by atoms with Gasteiger partial charge in [-0.1, -0.05) is 12.1 Å². The third kappa shape index (κ3) is 4.25. The highest BCUT2D eigenvalue weighted by molar-refractivity contribution is 7.92. The number of nitrogens with one attached hydrogen (secondary N) is 2. The molecular weight excluding hydrogens is 378 g/mol. The van der Waals surface area contributed by atoms with E-state index in [2.05, 4.69) is 15.0 Å². The summed E-state index contributed by atoms with van der Waals surface area (Å²) < 4.78 is 25.3. The minimum Gasteiger partial charge on any atom is -0.319 e. The zero-order valence-corrected chi connectivity index (χ0v) is 15.9. The number of hydrogen-bond acceptors (Lipinski definition) is 6. The Bertz CT molecular complexity index is 1010. The zero-order valence-electron chi connectivity index (χ0n) is 13.4. The van der Waals surface area contributed by atoms with Gasteiger partial charge in [0.15, 0.2) is 0 Å². The summed E-state index contributed by atoms with van der Waals surface area (Å²) in [7, 11) is -3.44. The number of para-hydroxylation sites is 2. The van der Waals surface area contributed by atoms with Gasteiger partial charge in [0.25, 0.3) is 5.91 Å². The maximum absolute atomic E-state index is 12.6. The van der Waals surface area contributed by atoms with E-state index in [1.54, 1.807) is 42.5 Å². The number of thiazole rings is 1. The van der Waals surface area contributed by atoms with E-state index in [4.69, 9.17) is 0 Å². The Labute approximate surface area is 153 Å². The van der Waals surface area contributed by atoms with E-state index in [0.717, 1.165) is 16.8 Å². The van der Waals surface area contributed by atoms with Crippen molar-refractivity contribution in [1.29, 1.82) is 0 Å². The number of rotatable bonds is 5. The predicted octanol–water partition coefficient (Wildman–Crippen LogP) is 3.80. The SMILES string of the molecule is Cc1nc(-c2ccsc2)sc1C(=O)Nc1ccccc1NS(C)(=O)=O. The molecule has 0 saturated carbocycles. The second-order valence-electron chi connectivity index (χ2n) is 5.32. The fourth-order valence-electron chi connectivity index (χ4n) is 2.18. The highest BCUT2D eigenvalue weighted by Crippen LogP contribution is 2.30. The summed E-state index contributed by atoms with van der Waals surface area (Å²) in [5.74, 6) is -0.320. The molecule has 25 heavy (non-hydrogen) atoms. The van der Waals surface area contributed by atoms with Gasteiger partial charge in [-0.2, -0.15) is 11.3 Å². The van der Waals surface area contributed by atoms with Gasteiger partial charge in [0.2, 0.25) is 10.0 Å². The third-order valence-electron chi connectivity index (χ3n) is 3.24. The van der Waals surface area contributed by atoms with Crippen LogP contribution in [0.3, 0.4) is 0 Å². The van der Waals surface area contributed by atoms with Crippen LogP contribution in [0.25, 0.3) is 10.6 Å². The first kappa shape index (κ1) is 17.6. The lowest BCUT2D eigenvalue weighted by Gasteiger charge is -2.11. The van der Waals surface area contributed by atoms with Gasteiger partial charge in [0.1, 0.15) is 9.88 Å². The molecule has 130 valence electrons. The fourth-order valence-corrected chi connectivity index (χ4v) is 4.43. The van der Waals surface area contributed by atoms with Gasteiger partial charge >= 0.3 is 0 Å². The van der Waals surface area contributed by atoms with Crippen molar-refractivity contribution in [2.24, 2.45) is 0 Å². The second kappa shape index (κ2) is 6.95. The minimum absolute atomic E-state index is 0.318. The van der Waals surface area contributed by atoms with Crippen LogP contribution in [0.15, 0.2) is 41.1 Å². The van der Waals surface area contributed by atoms with Crippen LogP contribution in [0.5, 0.6) is 0 Å². The number of anilines is 2. The lowest BCUT2D eigenvalue weighted by atomic mass is 10.2. The van der Waals surface area contributed by atoms with Crippen LogP contribution >= 0.6 is 22.7 Å². The number of nitrogens with zero attached hydrogens (tertiary/aromatic N) is 1. The molecule has 2 aromatic heterocycles. The summed E-state index contributed by atoms with van der Waals surface area (Å²) in [6.45, 7) is 1.78. The van der Waals surface area contributed by atoms with Crippen molar-refractivity contribution >= 4 is 50.0 Å². The molecule has 6 nitrogen and oxygen atoms in total. The molecule has 0 aliphatic rings. The van der Waals surface area contributed by atoms with Crippen molar-refractivity contribution in [1.82, 2.24) is 4.98 Å². The highest BCUT2D eigenvalue weighted by atomic mass is 32.2. The van der Waals surface area contributed by atoms with Crippen molar-refractivity contribution in [2.75, 3.05) is 16.3 Å². The second-order valence-corrected chi connectivity index (χ2v) is 8.85. The lowest BCUT2D eigenvalue weighted by molar-refractivity contribution is 0.103. The highest BCUT2D eigenvalue weighted by Gasteiger charge is 2.18. The molecule has 0 aliphatic carbocycles. The van der Waals surface area contributed by atoms with Gasteiger partial charge in [0, 0.05) is 10.9 Å². The van der Waals surface area contributed by atoms with Crippen molar-refractivity contribution in [3.05, 3.63) is 51.7 Å². The largest absolute Gasteiger partial charge is 0.319 e. The number of aryl methyl sites for hydroxylation is 1. The number of sulfonamides is 1. The molecule has 0 atom stereocenters. The molecule has 0 bridgehead atoms. The van der Waals surface area contributed by atoms with E-state index in [1.807, 2.05) is 16.8 Å². The van der Waals surface area contributed by atoms with Crippen LogP contribution in [0.1, 0.15) is 15.4 Å². The molecule has 1 amide bonds. The Kier molecular flexibility index (Phi) is 4.89. The first-order valence-electron chi connectivity index (χ1n) is 7.21. The first-order chi connectivity index (χ1) is 11.8. The molecule has 3 aromatic rings. The van der Waals surface area contributed by atoms with E-state index in [1.165, 1.54) is 11.3 Å². The number of aromatic nitrogens is 1. The van der Waals surface area contributed by atoms with Crippen LogP contribution in [0, 0.1) is 6.92 Å². The lowest BCUT2D eigenvalue weighted by Crippen LogP contribution is -2.15. The molecule has 3 rings (SSSR count). The Hall–Kier alpha value is -2.23. The molecule has 0 radical (unpaired) electrons. The monoisotopic (exact) mass is 393 g/mol. The number of benzene rings is 1. The molecule has 2 heterocycles. The van der Waals surface area contributed by atoms with Crippen molar-refractivity contribution in [3.8, 4) is 10.6 Å². The molecular formula is C16H15N3O3S3. The third-order valence-corrected chi connectivity index (χ3v) is 5.72. The summed E-state index contributed by atoms with van der Waals surface area (Å²) >= 11 is 2.88. The summed E-state index contributed by atoms with van der Waals surface area (Å²) in [5, 5.41) is 7.47. The Balaban J connectivity index is 1.86. The van der Waals surface area contributed by atoms with E-state index >= 15 is 0 Å². The summed E-state index contributed by atoms with van der Waals surface area (Å²) in [6.07, 6.45) is 1.06. The van der Waals surface area contributed by atoms with Crippen LogP contribution in [-0.2, 0) is 10.0 Å². The molecule has 1 aromatic carbocycles. The molecule has 9 heteroatoms. The molecule has 2 N–H and O–H groups in total. The Morgan fingerprint density at radius 2 is 1.88 bits per heavy atom. The van der Waals surface area contributed by atoms with Gasteiger partial charge in [-0.25, -0.2) is 13.4 Å². The van der Waals surface area contributed by atoms with E-state index < -0.39 is 10.0 Å². The number of carbonyl (C=O) groups excluding carboxylic acids is 1. The quantitative estimate of drug-likeness (QED) is 0.690. The average Bonchev–Trinajstić information content (AvgIpc) is 3.17. The van der Waals surface area contributed by atoms with E-state index in [0.29, 0.717) is 21.9 Å². The zero-order chi connectivity index (χ0) is 18.0. The normalized spacial score (nSPS) is 11.3. The van der Waals surface area contributed by atoms with Crippen molar-refractivity contribution in [3.63, 3.8) is 0 Å². The standard InChI is InChI=1S/C16H15N3O3S3/c1-10-14(24-16(17-10)11-7-8-23-9-11)15(20)18-12-5-3-4-6-13(12)19-25(2,21)22/h3-9,19H,1-2H3,(H,18,20). The minimum atomic E-state index is -3.44. The Morgan fingerprint density at radius 3 is 2.52 bits per heavy atom. The van der Waals surface area contributed by atoms with Crippen LogP contribution < -0.4 is 10.0 Å². The molecule has 0 saturated heterocycles. The van der Waals surface area contributed by atoms with E-state index in [-0.39, 0.29) is 5.91 Å². The molecule has 0 fully saturated rings. The van der Waals surface area contributed by atoms with Gasteiger partial charge < -0.3 is 5.32 Å². The predicted molar refractivity (Wildman–Crippen MR) is 103 cm³/mol. The van der Waals surface area contributed by atoms with Crippen molar-refractivity contribution < 1.29 is 13.2 Å². The van der Waals surface area contributed by atoms with Gasteiger partial charge in [-0.15, -0.1) is 11.3 Å². The first-order valence-corrected chi connectivity index (χ1v) is 10.9. The van der Waals surface area contributed by atoms with Crippen LogP contribution in [-0.4, -0.2) is 25.6 Å². The van der Waals surface area contributed by atoms with Crippen LogP contribution in [0.4, 0.5) is 11.4 Å². The Morgan fingerprint density at radius 1 is 1.16 bits per heavy atom. The average molecular weight is 394 g/mol. The topological polar surface area (TPSA) is 88.2 Å². The summed E-state index contributed by atoms with van der Waals surface area (Å²) in [4.78, 5) is 17.6. The summed E-state index contributed by atoms with van der Waals surface area (Å²) in [6, 6.07) is 8.60. The number of hydrogen-bond donors (Lipinski definition) is 2. The van der Waals surface area contributed by atoms with E-state index in [9.17, 15) is 13.2 Å². The molecule has 0 unspecified atom stereocenters. The van der Waals surface area contributed by atoms with Gasteiger partial charge in [0.05, 0.1) is 23.3 Å².